The fourth-order valence-corrected chi connectivity index (χ4v) is 3.57. The van der Waals surface area contributed by atoms with Gasteiger partial charge in [-0.2, -0.15) is 13.2 Å². The summed E-state index contributed by atoms with van der Waals surface area (Å²) in [5.41, 5.74) is 0.566. The van der Waals surface area contributed by atoms with E-state index in [2.05, 4.69) is 0 Å². The molecule has 1 heterocycles. The maximum Gasteiger partial charge on any atom is 0.416 e. The van der Waals surface area contributed by atoms with Gasteiger partial charge in [0.05, 0.1) is 36.9 Å². The normalized spacial score (nSPS) is 14.4. The summed E-state index contributed by atoms with van der Waals surface area (Å²) >= 11 is 0. The van der Waals surface area contributed by atoms with E-state index in [4.69, 9.17) is 9.47 Å². The minimum atomic E-state index is -4.46. The average Bonchev–Trinajstić information content (AvgIpc) is 3.47. The van der Waals surface area contributed by atoms with Gasteiger partial charge in [-0.3, -0.25) is 9.13 Å². The summed E-state index contributed by atoms with van der Waals surface area (Å²) in [4.78, 5) is 13.1. The number of benzene rings is 2. The quantitative estimate of drug-likeness (QED) is 0.601. The van der Waals surface area contributed by atoms with Crippen LogP contribution < -0.4 is 15.2 Å². The van der Waals surface area contributed by atoms with E-state index in [1.807, 2.05) is 13.0 Å². The van der Waals surface area contributed by atoms with Crippen LogP contribution in [0.1, 0.15) is 36.9 Å². The first-order valence-corrected chi connectivity index (χ1v) is 9.45. The maximum atomic E-state index is 13.2. The molecule has 1 aliphatic carbocycles. The van der Waals surface area contributed by atoms with Crippen LogP contribution in [0.25, 0.3) is 11.0 Å². The van der Waals surface area contributed by atoms with E-state index in [9.17, 15) is 18.0 Å². The van der Waals surface area contributed by atoms with Crippen molar-refractivity contribution in [3.63, 3.8) is 0 Å². The molecule has 0 N–H and O–H groups in total. The molecule has 0 saturated heterocycles. The molecule has 0 spiro atoms. The summed E-state index contributed by atoms with van der Waals surface area (Å²) in [7, 11) is 1.55. The zero-order valence-electron chi connectivity index (χ0n) is 16.1. The molecule has 1 fully saturated rings. The first-order chi connectivity index (χ1) is 13.8. The Bertz CT molecular complexity index is 1110. The Balaban J connectivity index is 1.81. The van der Waals surface area contributed by atoms with Gasteiger partial charge in [0.15, 0.2) is 11.5 Å². The Kier molecular flexibility index (Phi) is 4.80. The van der Waals surface area contributed by atoms with Crippen molar-refractivity contribution in [3.8, 4) is 11.5 Å². The zero-order valence-corrected chi connectivity index (χ0v) is 16.1. The van der Waals surface area contributed by atoms with E-state index in [0.717, 1.165) is 30.5 Å². The van der Waals surface area contributed by atoms with Crippen molar-refractivity contribution in [1.82, 2.24) is 9.13 Å². The van der Waals surface area contributed by atoms with Crippen molar-refractivity contribution in [2.75, 3.05) is 13.7 Å². The highest BCUT2D eigenvalue weighted by Crippen LogP contribution is 2.38. The SMILES string of the molecule is CCOc1cc(Cn2c(=O)n(C3CC3)c3cc(C(F)(F)F)ccc32)ccc1OC. The van der Waals surface area contributed by atoms with Gasteiger partial charge in [0.2, 0.25) is 0 Å². The van der Waals surface area contributed by atoms with E-state index in [-0.39, 0.29) is 18.3 Å². The number of ether oxygens (including phenoxy) is 2. The molecule has 154 valence electrons. The number of aromatic nitrogens is 2. The third-order valence-corrected chi connectivity index (χ3v) is 5.07. The first-order valence-electron chi connectivity index (χ1n) is 9.45. The molecule has 0 radical (unpaired) electrons. The number of hydrogen-bond acceptors (Lipinski definition) is 3. The summed E-state index contributed by atoms with van der Waals surface area (Å²) in [5.74, 6) is 1.14. The van der Waals surface area contributed by atoms with Crippen molar-refractivity contribution in [2.24, 2.45) is 0 Å². The third kappa shape index (κ3) is 3.59. The number of rotatable bonds is 6. The van der Waals surface area contributed by atoms with Crippen LogP contribution >= 0.6 is 0 Å². The molecule has 0 bridgehead atoms. The second-order valence-corrected chi connectivity index (χ2v) is 7.09. The van der Waals surface area contributed by atoms with Gasteiger partial charge in [-0.05, 0) is 55.7 Å². The number of nitrogens with zero attached hydrogens (tertiary/aromatic N) is 2. The Hall–Kier alpha value is -2.90. The van der Waals surface area contributed by atoms with Crippen molar-refractivity contribution in [3.05, 3.63) is 58.0 Å². The second kappa shape index (κ2) is 7.17. The van der Waals surface area contributed by atoms with Crippen LogP contribution in [0.4, 0.5) is 13.2 Å². The molecule has 8 heteroatoms. The van der Waals surface area contributed by atoms with Gasteiger partial charge in [-0.25, -0.2) is 4.79 Å². The molecule has 5 nitrogen and oxygen atoms in total. The molecular weight excluding hydrogens is 385 g/mol. The molecule has 29 heavy (non-hydrogen) atoms. The Morgan fingerprint density at radius 1 is 1.07 bits per heavy atom. The standard InChI is InChI=1S/C21H21F3N2O3/c1-3-29-19-10-13(4-9-18(19)28-2)12-25-16-8-5-14(21(22,23)24)11-17(16)26(20(25)27)15-6-7-15/h4-5,8-11,15H,3,6-7,12H2,1-2H3. The van der Waals surface area contributed by atoms with E-state index in [0.29, 0.717) is 29.1 Å². The molecule has 4 rings (SSSR count). The third-order valence-electron chi connectivity index (χ3n) is 5.07. The molecule has 0 atom stereocenters. The predicted octanol–water partition coefficient (Wildman–Crippen LogP) is 4.61. The maximum absolute atomic E-state index is 13.2. The van der Waals surface area contributed by atoms with Gasteiger partial charge in [0, 0.05) is 6.04 Å². The van der Waals surface area contributed by atoms with Gasteiger partial charge in [-0.1, -0.05) is 6.07 Å². The minimum absolute atomic E-state index is 0.0374. The van der Waals surface area contributed by atoms with Crippen LogP contribution in [-0.2, 0) is 12.7 Å². The number of hydrogen-bond donors (Lipinski definition) is 0. The number of alkyl halides is 3. The van der Waals surface area contributed by atoms with Crippen LogP contribution in [0.5, 0.6) is 11.5 Å². The van der Waals surface area contributed by atoms with Gasteiger partial charge in [-0.15, -0.1) is 0 Å². The minimum Gasteiger partial charge on any atom is -0.493 e. The topological polar surface area (TPSA) is 45.4 Å². The molecule has 0 aliphatic heterocycles. The fourth-order valence-electron chi connectivity index (χ4n) is 3.57. The van der Waals surface area contributed by atoms with Crippen molar-refractivity contribution in [2.45, 2.75) is 38.5 Å². The Morgan fingerprint density at radius 2 is 1.83 bits per heavy atom. The highest BCUT2D eigenvalue weighted by atomic mass is 19.4. The van der Waals surface area contributed by atoms with E-state index >= 15 is 0 Å². The molecule has 0 unspecified atom stereocenters. The number of halogens is 3. The van der Waals surface area contributed by atoms with Gasteiger partial charge < -0.3 is 9.47 Å². The highest BCUT2D eigenvalue weighted by molar-refractivity contribution is 5.77. The van der Waals surface area contributed by atoms with Crippen LogP contribution in [0.2, 0.25) is 0 Å². The largest absolute Gasteiger partial charge is 0.493 e. The molecule has 1 aromatic heterocycles. The van der Waals surface area contributed by atoms with Crippen molar-refractivity contribution >= 4 is 11.0 Å². The summed E-state index contributed by atoms with van der Waals surface area (Å²) in [6.07, 6.45) is -2.86. The Labute approximate surface area is 165 Å². The van der Waals surface area contributed by atoms with Crippen LogP contribution in [-0.4, -0.2) is 22.9 Å². The number of fused-ring (bicyclic) bond motifs is 1. The predicted molar refractivity (Wildman–Crippen MR) is 103 cm³/mol. The van der Waals surface area contributed by atoms with Gasteiger partial charge >= 0.3 is 11.9 Å². The van der Waals surface area contributed by atoms with Crippen LogP contribution in [0.3, 0.4) is 0 Å². The highest BCUT2D eigenvalue weighted by Gasteiger charge is 2.33. The molecule has 3 aromatic rings. The molecular formula is C21H21F3N2O3. The zero-order chi connectivity index (χ0) is 20.8. The molecule has 1 aliphatic rings. The second-order valence-electron chi connectivity index (χ2n) is 7.09. The average molecular weight is 406 g/mol. The summed E-state index contributed by atoms with van der Waals surface area (Å²) in [6, 6.07) is 8.81. The molecule has 2 aromatic carbocycles. The lowest BCUT2D eigenvalue weighted by Crippen LogP contribution is -2.24. The van der Waals surface area contributed by atoms with Crippen molar-refractivity contribution < 1.29 is 22.6 Å². The number of imidazole rings is 1. The first kappa shape index (κ1) is 19.4. The molecule has 1 saturated carbocycles. The Morgan fingerprint density at radius 3 is 2.45 bits per heavy atom. The summed E-state index contributed by atoms with van der Waals surface area (Å²) in [6.45, 7) is 2.55. The van der Waals surface area contributed by atoms with E-state index in [1.54, 1.807) is 19.2 Å². The van der Waals surface area contributed by atoms with E-state index < -0.39 is 11.7 Å². The van der Waals surface area contributed by atoms with E-state index in [1.165, 1.54) is 15.2 Å². The lowest BCUT2D eigenvalue weighted by Gasteiger charge is -2.12. The lowest BCUT2D eigenvalue weighted by molar-refractivity contribution is -0.137. The van der Waals surface area contributed by atoms with Gasteiger partial charge in [0.1, 0.15) is 0 Å². The van der Waals surface area contributed by atoms with Crippen molar-refractivity contribution in [1.29, 1.82) is 0 Å². The molecule has 0 amide bonds. The summed E-state index contributed by atoms with van der Waals surface area (Å²) < 4.78 is 53.4. The number of methoxy groups -OCH3 is 1. The fraction of sp³-hybridized carbons (Fsp3) is 0.381. The lowest BCUT2D eigenvalue weighted by atomic mass is 10.1. The summed E-state index contributed by atoms with van der Waals surface area (Å²) in [5, 5.41) is 0. The monoisotopic (exact) mass is 406 g/mol. The van der Waals surface area contributed by atoms with Gasteiger partial charge in [0.25, 0.3) is 0 Å². The van der Waals surface area contributed by atoms with Crippen LogP contribution in [0, 0.1) is 0 Å². The smallest absolute Gasteiger partial charge is 0.416 e. The van der Waals surface area contributed by atoms with Crippen LogP contribution in [0.15, 0.2) is 41.2 Å².